The Hall–Kier alpha value is -1.09. The standard InChI is InChI=1S/C18H30N2O/c1-5-12-19-16(14-8-10-18(2,3)11-9-14)17-15(21-4)7-6-13-20-17/h6-7,13-14,16,19H,5,8-12H2,1-4H3. The van der Waals surface area contributed by atoms with E-state index in [1.165, 1.54) is 25.7 Å². The van der Waals surface area contributed by atoms with Gasteiger partial charge in [0.1, 0.15) is 5.75 Å². The Kier molecular flexibility index (Phi) is 5.63. The molecule has 1 aliphatic rings. The molecule has 1 aliphatic carbocycles. The molecule has 1 aromatic rings. The fourth-order valence-corrected chi connectivity index (χ4v) is 3.35. The van der Waals surface area contributed by atoms with Gasteiger partial charge in [-0.2, -0.15) is 0 Å². The third-order valence-electron chi connectivity index (χ3n) is 4.78. The first-order chi connectivity index (χ1) is 10.1. The zero-order valence-corrected chi connectivity index (χ0v) is 14.0. The summed E-state index contributed by atoms with van der Waals surface area (Å²) in [5, 5.41) is 3.71. The SMILES string of the molecule is CCCNC(c1ncccc1OC)C1CCC(C)(C)CC1. The molecule has 3 nitrogen and oxygen atoms in total. The predicted octanol–water partition coefficient (Wildman–Crippen LogP) is 4.35. The van der Waals surface area contributed by atoms with Crippen LogP contribution in [0.15, 0.2) is 18.3 Å². The molecule has 0 aliphatic heterocycles. The number of nitrogens with one attached hydrogen (secondary N) is 1. The summed E-state index contributed by atoms with van der Waals surface area (Å²) in [6, 6.07) is 4.29. The van der Waals surface area contributed by atoms with Crippen LogP contribution in [0.4, 0.5) is 0 Å². The molecule has 118 valence electrons. The van der Waals surface area contributed by atoms with Gasteiger partial charge >= 0.3 is 0 Å². The summed E-state index contributed by atoms with van der Waals surface area (Å²) in [5.41, 5.74) is 1.58. The fourth-order valence-electron chi connectivity index (χ4n) is 3.35. The van der Waals surface area contributed by atoms with Gasteiger partial charge in [0.05, 0.1) is 18.8 Å². The molecule has 0 aromatic carbocycles. The van der Waals surface area contributed by atoms with Gasteiger partial charge in [0.2, 0.25) is 0 Å². The van der Waals surface area contributed by atoms with Gasteiger partial charge in [0, 0.05) is 6.20 Å². The lowest BCUT2D eigenvalue weighted by molar-refractivity contribution is 0.158. The first-order valence-electron chi connectivity index (χ1n) is 8.29. The normalized spacial score (nSPS) is 20.2. The zero-order valence-electron chi connectivity index (χ0n) is 14.0. The maximum absolute atomic E-state index is 5.54. The maximum atomic E-state index is 5.54. The van der Waals surface area contributed by atoms with Crippen LogP contribution < -0.4 is 10.1 Å². The molecule has 1 fully saturated rings. The number of ether oxygens (including phenoxy) is 1. The summed E-state index contributed by atoms with van der Waals surface area (Å²) in [7, 11) is 1.74. The van der Waals surface area contributed by atoms with E-state index in [1.54, 1.807) is 7.11 Å². The van der Waals surface area contributed by atoms with E-state index in [-0.39, 0.29) is 0 Å². The molecule has 1 saturated carbocycles. The van der Waals surface area contributed by atoms with Gasteiger partial charge in [0.15, 0.2) is 0 Å². The highest BCUT2D eigenvalue weighted by Crippen LogP contribution is 2.43. The molecule has 0 saturated heterocycles. The van der Waals surface area contributed by atoms with Gasteiger partial charge in [-0.05, 0) is 62.1 Å². The van der Waals surface area contributed by atoms with Crippen molar-refractivity contribution in [3.05, 3.63) is 24.0 Å². The second-order valence-corrected chi connectivity index (χ2v) is 7.02. The summed E-state index contributed by atoms with van der Waals surface area (Å²) >= 11 is 0. The molecular formula is C18H30N2O. The number of nitrogens with zero attached hydrogens (tertiary/aromatic N) is 1. The highest BCUT2D eigenvalue weighted by Gasteiger charge is 2.33. The molecule has 1 aromatic heterocycles. The first-order valence-corrected chi connectivity index (χ1v) is 8.29. The Labute approximate surface area is 129 Å². The Morgan fingerprint density at radius 3 is 2.71 bits per heavy atom. The van der Waals surface area contributed by atoms with Crippen LogP contribution in [0.25, 0.3) is 0 Å². The van der Waals surface area contributed by atoms with E-state index in [0.717, 1.165) is 24.4 Å². The van der Waals surface area contributed by atoms with Crippen molar-refractivity contribution in [3.63, 3.8) is 0 Å². The Morgan fingerprint density at radius 2 is 2.10 bits per heavy atom. The second-order valence-electron chi connectivity index (χ2n) is 7.02. The molecule has 3 heteroatoms. The van der Waals surface area contributed by atoms with Crippen LogP contribution in [0.5, 0.6) is 5.75 Å². The van der Waals surface area contributed by atoms with Crippen LogP contribution in [-0.4, -0.2) is 18.6 Å². The third kappa shape index (κ3) is 4.19. The highest BCUT2D eigenvalue weighted by atomic mass is 16.5. The number of methoxy groups -OCH3 is 1. The molecule has 1 atom stereocenters. The van der Waals surface area contributed by atoms with Crippen LogP contribution in [0.2, 0.25) is 0 Å². The third-order valence-corrected chi connectivity index (χ3v) is 4.78. The van der Waals surface area contributed by atoms with Crippen LogP contribution >= 0.6 is 0 Å². The number of aromatic nitrogens is 1. The molecule has 0 radical (unpaired) electrons. The molecule has 0 bridgehead atoms. The Bertz CT molecular complexity index is 435. The Balaban J connectivity index is 2.18. The van der Waals surface area contributed by atoms with Gasteiger partial charge in [-0.25, -0.2) is 0 Å². The molecule has 0 spiro atoms. The van der Waals surface area contributed by atoms with Crippen molar-refractivity contribution in [1.29, 1.82) is 0 Å². The zero-order chi connectivity index (χ0) is 15.3. The van der Waals surface area contributed by atoms with E-state index in [2.05, 4.69) is 31.1 Å². The molecular weight excluding hydrogens is 260 g/mol. The summed E-state index contributed by atoms with van der Waals surface area (Å²) in [6.45, 7) is 8.02. The van der Waals surface area contributed by atoms with Crippen LogP contribution in [0, 0.1) is 11.3 Å². The predicted molar refractivity (Wildman–Crippen MR) is 87.6 cm³/mol. The summed E-state index contributed by atoms with van der Waals surface area (Å²) < 4.78 is 5.54. The average Bonchev–Trinajstić information content (AvgIpc) is 2.49. The minimum absolute atomic E-state index is 0.317. The topological polar surface area (TPSA) is 34.2 Å². The van der Waals surface area contributed by atoms with Gasteiger partial charge < -0.3 is 10.1 Å². The minimum atomic E-state index is 0.317. The number of hydrogen-bond donors (Lipinski definition) is 1. The van der Waals surface area contributed by atoms with E-state index in [1.807, 2.05) is 18.3 Å². The van der Waals surface area contributed by atoms with Crippen LogP contribution in [0.1, 0.15) is 64.6 Å². The molecule has 1 unspecified atom stereocenters. The van der Waals surface area contributed by atoms with Gasteiger partial charge in [-0.3, -0.25) is 4.98 Å². The smallest absolute Gasteiger partial charge is 0.141 e. The largest absolute Gasteiger partial charge is 0.495 e. The number of hydrogen-bond acceptors (Lipinski definition) is 3. The van der Waals surface area contributed by atoms with E-state index >= 15 is 0 Å². The fraction of sp³-hybridized carbons (Fsp3) is 0.722. The van der Waals surface area contributed by atoms with Gasteiger partial charge in [-0.15, -0.1) is 0 Å². The van der Waals surface area contributed by atoms with Gasteiger partial charge in [-0.1, -0.05) is 20.8 Å². The van der Waals surface area contributed by atoms with E-state index in [4.69, 9.17) is 4.74 Å². The highest BCUT2D eigenvalue weighted by molar-refractivity contribution is 5.30. The van der Waals surface area contributed by atoms with Crippen LogP contribution in [0.3, 0.4) is 0 Å². The Morgan fingerprint density at radius 1 is 1.38 bits per heavy atom. The second kappa shape index (κ2) is 7.26. The molecule has 1 N–H and O–H groups in total. The van der Waals surface area contributed by atoms with E-state index in [0.29, 0.717) is 17.4 Å². The molecule has 21 heavy (non-hydrogen) atoms. The van der Waals surface area contributed by atoms with Crippen molar-refractivity contribution >= 4 is 0 Å². The summed E-state index contributed by atoms with van der Waals surface area (Å²) in [6.07, 6.45) is 8.17. The van der Waals surface area contributed by atoms with E-state index < -0.39 is 0 Å². The minimum Gasteiger partial charge on any atom is -0.495 e. The quantitative estimate of drug-likeness (QED) is 0.846. The van der Waals surface area contributed by atoms with Crippen molar-refractivity contribution in [2.75, 3.05) is 13.7 Å². The van der Waals surface area contributed by atoms with Crippen molar-refractivity contribution in [2.24, 2.45) is 11.3 Å². The van der Waals surface area contributed by atoms with E-state index in [9.17, 15) is 0 Å². The number of pyridine rings is 1. The summed E-state index contributed by atoms with van der Waals surface area (Å²) in [4.78, 5) is 4.63. The molecule has 0 amide bonds. The average molecular weight is 290 g/mol. The molecule has 2 rings (SSSR count). The lowest BCUT2D eigenvalue weighted by atomic mass is 9.70. The maximum Gasteiger partial charge on any atom is 0.141 e. The van der Waals surface area contributed by atoms with Gasteiger partial charge in [0.25, 0.3) is 0 Å². The summed E-state index contributed by atoms with van der Waals surface area (Å²) in [5.74, 6) is 1.57. The van der Waals surface area contributed by atoms with Crippen molar-refractivity contribution < 1.29 is 4.74 Å². The molecule has 1 heterocycles. The van der Waals surface area contributed by atoms with Crippen molar-refractivity contribution in [3.8, 4) is 5.75 Å². The van der Waals surface area contributed by atoms with Crippen molar-refractivity contribution in [2.45, 2.75) is 58.9 Å². The lowest BCUT2D eigenvalue weighted by Gasteiger charge is -2.38. The number of rotatable bonds is 6. The first kappa shape index (κ1) is 16.3. The van der Waals surface area contributed by atoms with Crippen molar-refractivity contribution in [1.82, 2.24) is 10.3 Å². The monoisotopic (exact) mass is 290 g/mol. The lowest BCUT2D eigenvalue weighted by Crippen LogP contribution is -2.34. The van der Waals surface area contributed by atoms with Crippen LogP contribution in [-0.2, 0) is 0 Å².